The Morgan fingerprint density at radius 1 is 1.18 bits per heavy atom. The number of aliphatic hydroxyl groups is 3. The SMILES string of the molecule is CC(C)=CCC/C(C)=C/C(=O)NC1C(O)OC(C)C(O)C1O. The third kappa shape index (κ3) is 5.53. The van der Waals surface area contributed by atoms with Gasteiger partial charge in [-0.05, 0) is 40.5 Å². The van der Waals surface area contributed by atoms with Gasteiger partial charge in [0.15, 0.2) is 6.29 Å². The van der Waals surface area contributed by atoms with E-state index in [2.05, 4.69) is 11.4 Å². The van der Waals surface area contributed by atoms with Gasteiger partial charge in [-0.2, -0.15) is 0 Å². The highest BCUT2D eigenvalue weighted by Gasteiger charge is 2.42. The van der Waals surface area contributed by atoms with E-state index in [4.69, 9.17) is 4.74 Å². The molecule has 1 aliphatic heterocycles. The fourth-order valence-corrected chi connectivity index (χ4v) is 2.29. The fraction of sp³-hybridized carbons (Fsp3) is 0.688. The molecule has 1 rings (SSSR count). The lowest BCUT2D eigenvalue weighted by Gasteiger charge is -2.39. The largest absolute Gasteiger partial charge is 0.388 e. The molecule has 0 saturated carbocycles. The number of nitrogens with one attached hydrogen (secondary N) is 1. The third-order valence-corrected chi connectivity index (χ3v) is 3.64. The quantitative estimate of drug-likeness (QED) is 0.440. The molecule has 1 amide bonds. The van der Waals surface area contributed by atoms with E-state index in [1.165, 1.54) is 11.6 Å². The highest BCUT2D eigenvalue weighted by atomic mass is 16.6. The van der Waals surface area contributed by atoms with Crippen LogP contribution in [0.4, 0.5) is 0 Å². The van der Waals surface area contributed by atoms with Crippen LogP contribution in [0.25, 0.3) is 0 Å². The van der Waals surface area contributed by atoms with Crippen molar-refractivity contribution < 1.29 is 24.9 Å². The molecular weight excluding hydrogens is 286 g/mol. The van der Waals surface area contributed by atoms with Gasteiger partial charge in [-0.15, -0.1) is 0 Å². The summed E-state index contributed by atoms with van der Waals surface area (Å²) in [5.74, 6) is -0.428. The van der Waals surface area contributed by atoms with E-state index in [-0.39, 0.29) is 0 Å². The van der Waals surface area contributed by atoms with Gasteiger partial charge in [-0.1, -0.05) is 17.2 Å². The molecule has 6 heteroatoms. The Hall–Kier alpha value is -1.21. The Labute approximate surface area is 131 Å². The topological polar surface area (TPSA) is 99.0 Å². The van der Waals surface area contributed by atoms with Gasteiger partial charge < -0.3 is 25.4 Å². The molecule has 1 heterocycles. The second kappa shape index (κ2) is 8.43. The molecule has 0 aromatic heterocycles. The number of rotatable bonds is 5. The molecule has 126 valence electrons. The zero-order chi connectivity index (χ0) is 16.9. The minimum absolute atomic E-state index is 0.428. The van der Waals surface area contributed by atoms with E-state index in [9.17, 15) is 20.1 Å². The predicted molar refractivity (Wildman–Crippen MR) is 82.9 cm³/mol. The lowest BCUT2D eigenvalue weighted by atomic mass is 9.97. The normalized spacial score (nSPS) is 32.5. The summed E-state index contributed by atoms with van der Waals surface area (Å²) in [5, 5.41) is 31.9. The summed E-state index contributed by atoms with van der Waals surface area (Å²) in [6.07, 6.45) is 0.657. The van der Waals surface area contributed by atoms with Crippen LogP contribution in [-0.2, 0) is 9.53 Å². The monoisotopic (exact) mass is 313 g/mol. The van der Waals surface area contributed by atoms with Crippen molar-refractivity contribution in [2.75, 3.05) is 0 Å². The molecule has 0 aliphatic carbocycles. The molecule has 0 spiro atoms. The molecule has 4 N–H and O–H groups in total. The Morgan fingerprint density at radius 2 is 1.82 bits per heavy atom. The van der Waals surface area contributed by atoms with Crippen LogP contribution in [0.15, 0.2) is 23.3 Å². The Bertz CT molecular complexity index is 442. The van der Waals surface area contributed by atoms with Gasteiger partial charge in [-0.25, -0.2) is 0 Å². The van der Waals surface area contributed by atoms with Crippen molar-refractivity contribution in [3.8, 4) is 0 Å². The third-order valence-electron chi connectivity index (χ3n) is 3.64. The van der Waals surface area contributed by atoms with Gasteiger partial charge in [-0.3, -0.25) is 4.79 Å². The van der Waals surface area contributed by atoms with Crippen LogP contribution in [-0.4, -0.2) is 51.9 Å². The van der Waals surface area contributed by atoms with Crippen molar-refractivity contribution in [3.63, 3.8) is 0 Å². The fourth-order valence-electron chi connectivity index (χ4n) is 2.29. The number of carbonyl (C=O) groups excluding carboxylic acids is 1. The molecular formula is C16H27NO5. The maximum Gasteiger partial charge on any atom is 0.244 e. The maximum atomic E-state index is 11.9. The zero-order valence-corrected chi connectivity index (χ0v) is 13.6. The smallest absolute Gasteiger partial charge is 0.244 e. The van der Waals surface area contributed by atoms with Crippen LogP contribution in [0.5, 0.6) is 0 Å². The van der Waals surface area contributed by atoms with Crippen molar-refractivity contribution in [1.29, 1.82) is 0 Å². The number of hydrogen-bond acceptors (Lipinski definition) is 5. The van der Waals surface area contributed by atoms with Crippen LogP contribution in [0, 0.1) is 0 Å². The Morgan fingerprint density at radius 3 is 2.41 bits per heavy atom. The highest BCUT2D eigenvalue weighted by molar-refractivity contribution is 5.88. The summed E-state index contributed by atoms with van der Waals surface area (Å²) >= 11 is 0. The molecule has 0 aromatic carbocycles. The second-order valence-corrected chi connectivity index (χ2v) is 6.06. The molecule has 5 unspecified atom stereocenters. The first-order chi connectivity index (χ1) is 10.2. The average Bonchev–Trinajstić information content (AvgIpc) is 2.40. The van der Waals surface area contributed by atoms with E-state index >= 15 is 0 Å². The minimum Gasteiger partial charge on any atom is -0.388 e. The molecule has 1 aliphatic rings. The lowest BCUT2D eigenvalue weighted by Crippen LogP contribution is -2.62. The summed E-state index contributed by atoms with van der Waals surface area (Å²) < 4.78 is 5.08. The van der Waals surface area contributed by atoms with Gasteiger partial charge in [0.25, 0.3) is 0 Å². The van der Waals surface area contributed by atoms with Gasteiger partial charge >= 0.3 is 0 Å². The van der Waals surface area contributed by atoms with Gasteiger partial charge in [0, 0.05) is 6.08 Å². The number of aliphatic hydroxyl groups excluding tert-OH is 3. The highest BCUT2D eigenvalue weighted by Crippen LogP contribution is 2.19. The van der Waals surface area contributed by atoms with Crippen molar-refractivity contribution in [3.05, 3.63) is 23.3 Å². The van der Waals surface area contributed by atoms with Crippen molar-refractivity contribution in [2.24, 2.45) is 0 Å². The van der Waals surface area contributed by atoms with Crippen LogP contribution >= 0.6 is 0 Å². The average molecular weight is 313 g/mol. The molecule has 0 aromatic rings. The first-order valence-corrected chi connectivity index (χ1v) is 7.53. The zero-order valence-electron chi connectivity index (χ0n) is 13.6. The number of allylic oxidation sites excluding steroid dienone is 3. The molecule has 22 heavy (non-hydrogen) atoms. The van der Waals surface area contributed by atoms with Crippen LogP contribution in [0.1, 0.15) is 40.5 Å². The number of ether oxygens (including phenoxy) is 1. The van der Waals surface area contributed by atoms with Gasteiger partial charge in [0.2, 0.25) is 5.91 Å². The summed E-state index contributed by atoms with van der Waals surface area (Å²) in [7, 11) is 0. The van der Waals surface area contributed by atoms with E-state index in [0.29, 0.717) is 0 Å². The van der Waals surface area contributed by atoms with Crippen molar-refractivity contribution in [1.82, 2.24) is 5.32 Å². The molecule has 6 nitrogen and oxygen atoms in total. The van der Waals surface area contributed by atoms with Gasteiger partial charge in [0.1, 0.15) is 18.2 Å². The van der Waals surface area contributed by atoms with E-state index < -0.39 is 36.6 Å². The Balaban J connectivity index is 2.58. The summed E-state index contributed by atoms with van der Waals surface area (Å²) in [4.78, 5) is 11.9. The number of hydrogen-bond donors (Lipinski definition) is 4. The first-order valence-electron chi connectivity index (χ1n) is 7.53. The second-order valence-electron chi connectivity index (χ2n) is 6.06. The Kier molecular flexibility index (Phi) is 7.22. The van der Waals surface area contributed by atoms with E-state index in [1.54, 1.807) is 6.92 Å². The minimum atomic E-state index is -1.35. The summed E-state index contributed by atoms with van der Waals surface area (Å²) in [5.41, 5.74) is 2.12. The van der Waals surface area contributed by atoms with E-state index in [0.717, 1.165) is 18.4 Å². The molecule has 1 saturated heterocycles. The number of amides is 1. The predicted octanol–water partition coefficient (Wildman–Crippen LogP) is 0.623. The van der Waals surface area contributed by atoms with Crippen molar-refractivity contribution in [2.45, 2.75) is 71.2 Å². The van der Waals surface area contributed by atoms with E-state index in [1.807, 2.05) is 20.8 Å². The summed E-state index contributed by atoms with van der Waals surface area (Å²) in [6, 6.07) is -1.06. The maximum absolute atomic E-state index is 11.9. The molecule has 5 atom stereocenters. The van der Waals surface area contributed by atoms with Crippen LogP contribution in [0.3, 0.4) is 0 Å². The molecule has 0 radical (unpaired) electrons. The van der Waals surface area contributed by atoms with Gasteiger partial charge in [0.05, 0.1) is 6.10 Å². The van der Waals surface area contributed by atoms with Crippen molar-refractivity contribution >= 4 is 5.91 Å². The van der Waals surface area contributed by atoms with Crippen LogP contribution in [0.2, 0.25) is 0 Å². The standard InChI is InChI=1S/C16H27NO5/c1-9(2)6-5-7-10(3)8-12(18)17-13-15(20)14(19)11(4)22-16(13)21/h6,8,11,13-16,19-21H,5,7H2,1-4H3,(H,17,18)/b10-8+. The molecule has 1 fully saturated rings. The van der Waals surface area contributed by atoms with Crippen LogP contribution < -0.4 is 5.32 Å². The molecule has 0 bridgehead atoms. The first kappa shape index (κ1) is 18.8. The summed E-state index contributed by atoms with van der Waals surface area (Å²) in [6.45, 7) is 7.43. The number of carbonyl (C=O) groups is 1. The lowest BCUT2D eigenvalue weighted by molar-refractivity contribution is -0.242.